The van der Waals surface area contributed by atoms with E-state index >= 15 is 0 Å². The van der Waals surface area contributed by atoms with Crippen LogP contribution in [0.3, 0.4) is 0 Å². The minimum atomic E-state index is -0.948. The summed E-state index contributed by atoms with van der Waals surface area (Å²) in [5, 5.41) is 25.9. The van der Waals surface area contributed by atoms with Gasteiger partial charge in [0.15, 0.2) is 5.78 Å². The lowest BCUT2D eigenvalue weighted by molar-refractivity contribution is -0.138. The van der Waals surface area contributed by atoms with Crippen LogP contribution in [0.2, 0.25) is 0 Å². The molecule has 0 aliphatic heterocycles. The fourth-order valence-corrected chi connectivity index (χ4v) is 2.03. The van der Waals surface area contributed by atoms with E-state index in [0.29, 0.717) is 11.3 Å². The van der Waals surface area contributed by atoms with Gasteiger partial charge in [0.2, 0.25) is 0 Å². The molecular formula is C19H21NO7. The topological polar surface area (TPSA) is 147 Å². The molecule has 0 aromatic heterocycles. The van der Waals surface area contributed by atoms with E-state index in [0.717, 1.165) is 0 Å². The number of benzene rings is 2. The van der Waals surface area contributed by atoms with Crippen LogP contribution in [0.4, 0.5) is 0 Å². The molecule has 144 valence electrons. The molecule has 0 bridgehead atoms. The first kappa shape index (κ1) is 21.7. The summed E-state index contributed by atoms with van der Waals surface area (Å²) < 4.78 is 5.03. The average molecular weight is 375 g/mol. The van der Waals surface area contributed by atoms with Gasteiger partial charge in [0.05, 0.1) is 5.56 Å². The number of aliphatic carboxylic acids is 2. The van der Waals surface area contributed by atoms with Gasteiger partial charge in [-0.25, -0.2) is 0 Å². The van der Waals surface area contributed by atoms with Gasteiger partial charge in [-0.05, 0) is 18.6 Å². The highest BCUT2D eigenvalue weighted by Crippen LogP contribution is 2.25. The van der Waals surface area contributed by atoms with E-state index in [-0.39, 0.29) is 43.1 Å². The number of ketones is 1. The molecule has 0 spiro atoms. The smallest absolute Gasteiger partial charge is 0.303 e. The third-order valence-electron chi connectivity index (χ3n) is 3.28. The molecule has 8 nitrogen and oxygen atoms in total. The number of carbonyl (C=O) groups excluding carboxylic acids is 1. The van der Waals surface area contributed by atoms with Crippen molar-refractivity contribution in [2.45, 2.75) is 19.3 Å². The quantitative estimate of drug-likeness (QED) is 0.406. The first-order chi connectivity index (χ1) is 12.8. The molecule has 0 aliphatic rings. The van der Waals surface area contributed by atoms with Crippen molar-refractivity contribution in [1.29, 1.82) is 0 Å². The first-order valence-electron chi connectivity index (χ1n) is 8.04. The molecule has 2 aromatic rings. The van der Waals surface area contributed by atoms with Gasteiger partial charge in [0.1, 0.15) is 18.2 Å². The standard InChI is InChI=1S/C14H13NO3.C5H8O4/c15-9-18-11-6-7-12(13(16)8-11)14(17)10-4-2-1-3-5-10;6-4(7)2-1-3-5(8)9/h1-8,16H,9,15H2;1-3H2,(H,6,7)(H,8,9). The second-order valence-electron chi connectivity index (χ2n) is 5.33. The molecule has 0 saturated heterocycles. The minimum absolute atomic E-state index is 0.0193. The number of carbonyl (C=O) groups is 3. The number of hydrogen-bond donors (Lipinski definition) is 4. The summed E-state index contributed by atoms with van der Waals surface area (Å²) >= 11 is 0. The number of aromatic hydroxyl groups is 1. The van der Waals surface area contributed by atoms with Gasteiger partial charge in [0, 0.05) is 24.5 Å². The molecule has 0 amide bonds. The molecule has 0 heterocycles. The van der Waals surface area contributed by atoms with Crippen LogP contribution in [0.15, 0.2) is 48.5 Å². The predicted molar refractivity (Wildman–Crippen MR) is 96.8 cm³/mol. The van der Waals surface area contributed by atoms with Crippen LogP contribution in [0.1, 0.15) is 35.2 Å². The number of rotatable bonds is 8. The van der Waals surface area contributed by atoms with Crippen LogP contribution in [-0.4, -0.2) is 39.8 Å². The molecule has 27 heavy (non-hydrogen) atoms. The average Bonchev–Trinajstić information content (AvgIpc) is 2.62. The summed E-state index contributed by atoms with van der Waals surface area (Å²) in [5.41, 5.74) is 6.00. The summed E-state index contributed by atoms with van der Waals surface area (Å²) in [7, 11) is 0. The molecule has 0 unspecified atom stereocenters. The Labute approximate surface area is 155 Å². The Balaban J connectivity index is 0.000000345. The predicted octanol–water partition coefficient (Wildman–Crippen LogP) is 2.24. The highest BCUT2D eigenvalue weighted by atomic mass is 16.5. The van der Waals surface area contributed by atoms with Crippen molar-refractivity contribution in [3.05, 3.63) is 59.7 Å². The Bertz CT molecular complexity index is 761. The second-order valence-corrected chi connectivity index (χ2v) is 5.33. The van der Waals surface area contributed by atoms with Crippen molar-refractivity contribution in [1.82, 2.24) is 0 Å². The molecule has 0 fully saturated rings. The first-order valence-corrected chi connectivity index (χ1v) is 8.04. The van der Waals surface area contributed by atoms with E-state index in [1.807, 2.05) is 6.07 Å². The SMILES string of the molecule is NCOc1ccc(C(=O)c2ccccc2)c(O)c1.O=C(O)CCCC(=O)O. The van der Waals surface area contributed by atoms with E-state index in [2.05, 4.69) is 0 Å². The number of hydrogen-bond acceptors (Lipinski definition) is 6. The molecular weight excluding hydrogens is 354 g/mol. The van der Waals surface area contributed by atoms with Crippen molar-refractivity contribution >= 4 is 17.7 Å². The number of carboxylic acid groups (broad SMARTS) is 2. The highest BCUT2D eigenvalue weighted by molar-refractivity contribution is 6.10. The fourth-order valence-electron chi connectivity index (χ4n) is 2.03. The van der Waals surface area contributed by atoms with Gasteiger partial charge in [-0.2, -0.15) is 0 Å². The lowest BCUT2D eigenvalue weighted by Gasteiger charge is -2.07. The van der Waals surface area contributed by atoms with Crippen molar-refractivity contribution in [3.8, 4) is 11.5 Å². The van der Waals surface area contributed by atoms with Gasteiger partial charge in [-0.15, -0.1) is 0 Å². The van der Waals surface area contributed by atoms with Crippen molar-refractivity contribution in [2.75, 3.05) is 6.73 Å². The summed E-state index contributed by atoms with van der Waals surface area (Å²) in [4.78, 5) is 31.7. The Kier molecular flexibility index (Phi) is 9.04. The molecule has 2 aromatic carbocycles. The fraction of sp³-hybridized carbons (Fsp3) is 0.211. The number of phenolic OH excluding ortho intramolecular Hbond substituents is 1. The molecule has 8 heteroatoms. The molecule has 0 aliphatic carbocycles. The van der Waals surface area contributed by atoms with Gasteiger partial charge >= 0.3 is 11.9 Å². The third-order valence-corrected chi connectivity index (χ3v) is 3.28. The molecule has 0 saturated carbocycles. The van der Waals surface area contributed by atoms with Crippen molar-refractivity contribution in [2.24, 2.45) is 5.73 Å². The summed E-state index contributed by atoms with van der Waals surface area (Å²) in [6, 6.07) is 13.3. The van der Waals surface area contributed by atoms with Gasteiger partial charge in [-0.3, -0.25) is 20.1 Å². The zero-order chi connectivity index (χ0) is 20.2. The zero-order valence-electron chi connectivity index (χ0n) is 14.5. The van der Waals surface area contributed by atoms with E-state index in [1.165, 1.54) is 12.1 Å². The minimum Gasteiger partial charge on any atom is -0.507 e. The summed E-state index contributed by atoms with van der Waals surface area (Å²) in [6.07, 6.45) is 0.0866. The van der Waals surface area contributed by atoms with Gasteiger partial charge in [0.25, 0.3) is 0 Å². The summed E-state index contributed by atoms with van der Waals surface area (Å²) in [5.74, 6) is -1.81. The van der Waals surface area contributed by atoms with E-state index in [9.17, 15) is 19.5 Å². The van der Waals surface area contributed by atoms with Crippen LogP contribution in [0, 0.1) is 0 Å². The Hall–Kier alpha value is -3.39. The number of phenols is 1. The lowest BCUT2D eigenvalue weighted by atomic mass is 10.0. The van der Waals surface area contributed by atoms with Crippen LogP contribution < -0.4 is 10.5 Å². The van der Waals surface area contributed by atoms with Crippen molar-refractivity contribution < 1.29 is 34.4 Å². The van der Waals surface area contributed by atoms with E-state index in [1.54, 1.807) is 30.3 Å². The Morgan fingerprint density at radius 3 is 2.00 bits per heavy atom. The maximum absolute atomic E-state index is 12.1. The van der Waals surface area contributed by atoms with Gasteiger partial charge in [-0.1, -0.05) is 30.3 Å². The number of ether oxygens (including phenoxy) is 1. The monoisotopic (exact) mass is 375 g/mol. The summed E-state index contributed by atoms with van der Waals surface area (Å²) in [6.45, 7) is 0.0193. The van der Waals surface area contributed by atoms with Crippen molar-refractivity contribution in [3.63, 3.8) is 0 Å². The van der Waals surface area contributed by atoms with Crippen LogP contribution in [0.5, 0.6) is 11.5 Å². The molecule has 0 radical (unpaired) electrons. The zero-order valence-corrected chi connectivity index (χ0v) is 14.5. The van der Waals surface area contributed by atoms with Gasteiger partial charge < -0.3 is 20.1 Å². The highest BCUT2D eigenvalue weighted by Gasteiger charge is 2.13. The number of carboxylic acids is 2. The van der Waals surface area contributed by atoms with Crippen LogP contribution >= 0.6 is 0 Å². The molecule has 0 atom stereocenters. The third kappa shape index (κ3) is 8.02. The maximum atomic E-state index is 12.1. The molecule has 2 rings (SSSR count). The lowest BCUT2D eigenvalue weighted by Crippen LogP contribution is -2.07. The van der Waals surface area contributed by atoms with E-state index in [4.69, 9.17) is 20.7 Å². The second kappa shape index (κ2) is 11.3. The Morgan fingerprint density at radius 2 is 1.52 bits per heavy atom. The normalized spacial score (nSPS) is 9.67. The number of nitrogens with two attached hydrogens (primary N) is 1. The Morgan fingerprint density at radius 1 is 0.926 bits per heavy atom. The molecule has 5 N–H and O–H groups in total. The van der Waals surface area contributed by atoms with Crippen LogP contribution in [-0.2, 0) is 9.59 Å². The maximum Gasteiger partial charge on any atom is 0.303 e. The largest absolute Gasteiger partial charge is 0.507 e. The van der Waals surface area contributed by atoms with Crippen LogP contribution in [0.25, 0.3) is 0 Å². The van der Waals surface area contributed by atoms with E-state index < -0.39 is 11.9 Å².